The molecule has 0 N–H and O–H groups in total. The molecule has 2 aliphatic rings. The second kappa shape index (κ2) is 8.21. The first-order chi connectivity index (χ1) is 13.2. The van der Waals surface area contributed by atoms with E-state index < -0.39 is 0 Å². The molecule has 1 aromatic carbocycles. The Balaban J connectivity index is 1.36. The molecule has 144 valence electrons. The molecule has 0 radical (unpaired) electrons. The minimum atomic E-state index is 0.108. The van der Waals surface area contributed by atoms with Crippen molar-refractivity contribution in [2.24, 2.45) is 5.92 Å². The molecule has 1 atom stereocenters. The Hall–Kier alpha value is -2.21. The summed E-state index contributed by atoms with van der Waals surface area (Å²) in [6.07, 6.45) is 5.58. The number of likely N-dealkylation sites (tertiary alicyclic amines) is 2. The predicted molar refractivity (Wildman–Crippen MR) is 103 cm³/mol. The van der Waals surface area contributed by atoms with Gasteiger partial charge in [-0.1, -0.05) is 35.0 Å². The predicted octanol–water partition coefficient (Wildman–Crippen LogP) is 3.27. The number of amides is 1. The van der Waals surface area contributed by atoms with Gasteiger partial charge in [-0.3, -0.25) is 9.69 Å². The van der Waals surface area contributed by atoms with E-state index in [1.165, 1.54) is 12.0 Å². The van der Waals surface area contributed by atoms with E-state index in [4.69, 9.17) is 4.52 Å². The summed E-state index contributed by atoms with van der Waals surface area (Å²) >= 11 is 0. The molecular weight excluding hydrogens is 340 g/mol. The molecule has 2 saturated heterocycles. The monoisotopic (exact) mass is 368 g/mol. The fourth-order valence-corrected chi connectivity index (χ4v) is 4.10. The normalized spacial score (nSPS) is 21.4. The second-order valence-corrected chi connectivity index (χ2v) is 7.84. The van der Waals surface area contributed by atoms with Gasteiger partial charge in [0.1, 0.15) is 0 Å². The van der Waals surface area contributed by atoms with Crippen molar-refractivity contribution in [1.82, 2.24) is 19.9 Å². The number of carbonyl (C=O) groups is 1. The highest BCUT2D eigenvalue weighted by molar-refractivity contribution is 5.79. The Morgan fingerprint density at radius 1 is 1.11 bits per heavy atom. The zero-order chi connectivity index (χ0) is 18.6. The maximum atomic E-state index is 12.8. The van der Waals surface area contributed by atoms with E-state index in [0.29, 0.717) is 24.2 Å². The first-order valence-corrected chi connectivity index (χ1v) is 10.1. The fourth-order valence-electron chi connectivity index (χ4n) is 4.10. The summed E-state index contributed by atoms with van der Waals surface area (Å²) in [7, 11) is 0. The Morgan fingerprint density at radius 2 is 1.89 bits per heavy atom. The van der Waals surface area contributed by atoms with Crippen molar-refractivity contribution in [3.05, 3.63) is 35.7 Å². The van der Waals surface area contributed by atoms with E-state index in [2.05, 4.69) is 26.9 Å². The summed E-state index contributed by atoms with van der Waals surface area (Å²) in [5.41, 5.74) is 2.17. The lowest BCUT2D eigenvalue weighted by Gasteiger charge is -2.35. The van der Waals surface area contributed by atoms with Gasteiger partial charge in [0.2, 0.25) is 17.6 Å². The van der Waals surface area contributed by atoms with Crippen LogP contribution in [0, 0.1) is 12.8 Å². The molecule has 1 aromatic heterocycles. The Bertz CT molecular complexity index is 765. The van der Waals surface area contributed by atoms with Crippen molar-refractivity contribution in [3.8, 4) is 11.4 Å². The molecule has 0 spiro atoms. The third-order valence-electron chi connectivity index (χ3n) is 5.66. The van der Waals surface area contributed by atoms with Crippen LogP contribution in [0.15, 0.2) is 28.8 Å². The first kappa shape index (κ1) is 18.2. The number of benzene rings is 1. The van der Waals surface area contributed by atoms with E-state index in [9.17, 15) is 4.79 Å². The van der Waals surface area contributed by atoms with Crippen LogP contribution in [-0.2, 0) is 11.3 Å². The van der Waals surface area contributed by atoms with Gasteiger partial charge in [0.25, 0.3) is 0 Å². The summed E-state index contributed by atoms with van der Waals surface area (Å²) in [6.45, 7) is 6.30. The number of carbonyl (C=O) groups excluding carboxylic acids is 1. The van der Waals surface area contributed by atoms with Gasteiger partial charge in [-0.2, -0.15) is 4.98 Å². The topological polar surface area (TPSA) is 62.5 Å². The summed E-state index contributed by atoms with van der Waals surface area (Å²) in [6, 6.07) is 8.12. The van der Waals surface area contributed by atoms with E-state index >= 15 is 0 Å². The Kier molecular flexibility index (Phi) is 5.53. The lowest BCUT2D eigenvalue weighted by Crippen LogP contribution is -2.46. The van der Waals surface area contributed by atoms with Crippen molar-refractivity contribution in [1.29, 1.82) is 0 Å². The van der Waals surface area contributed by atoms with Crippen molar-refractivity contribution in [3.63, 3.8) is 0 Å². The number of aryl methyl sites for hydroxylation is 1. The Labute approximate surface area is 160 Å². The van der Waals surface area contributed by atoms with Crippen LogP contribution in [0.3, 0.4) is 0 Å². The molecule has 3 heterocycles. The quantitative estimate of drug-likeness (QED) is 0.829. The van der Waals surface area contributed by atoms with Crippen LogP contribution in [0.4, 0.5) is 0 Å². The number of hydrogen-bond donors (Lipinski definition) is 0. The fraction of sp³-hybridized carbons (Fsp3) is 0.571. The van der Waals surface area contributed by atoms with Gasteiger partial charge in [-0.25, -0.2) is 0 Å². The van der Waals surface area contributed by atoms with E-state index in [0.717, 1.165) is 57.4 Å². The van der Waals surface area contributed by atoms with Gasteiger partial charge in [0.05, 0.1) is 12.5 Å². The average Bonchev–Trinajstić information content (AvgIpc) is 3.17. The molecule has 27 heavy (non-hydrogen) atoms. The highest BCUT2D eigenvalue weighted by atomic mass is 16.5. The average molecular weight is 368 g/mol. The van der Waals surface area contributed by atoms with Gasteiger partial charge in [0, 0.05) is 25.2 Å². The minimum absolute atomic E-state index is 0.108. The molecule has 4 rings (SSSR count). The van der Waals surface area contributed by atoms with Crippen LogP contribution < -0.4 is 0 Å². The van der Waals surface area contributed by atoms with E-state index in [1.807, 2.05) is 24.3 Å². The van der Waals surface area contributed by atoms with Crippen LogP contribution in [-0.4, -0.2) is 52.0 Å². The van der Waals surface area contributed by atoms with Crippen LogP contribution >= 0.6 is 0 Å². The highest BCUT2D eigenvalue weighted by Gasteiger charge is 2.30. The highest BCUT2D eigenvalue weighted by Crippen LogP contribution is 2.23. The van der Waals surface area contributed by atoms with Crippen LogP contribution in [0.5, 0.6) is 0 Å². The van der Waals surface area contributed by atoms with E-state index in [-0.39, 0.29) is 5.92 Å². The van der Waals surface area contributed by atoms with Crippen LogP contribution in [0.25, 0.3) is 11.4 Å². The van der Waals surface area contributed by atoms with Gasteiger partial charge < -0.3 is 9.42 Å². The van der Waals surface area contributed by atoms with Gasteiger partial charge >= 0.3 is 0 Å². The SMILES string of the molecule is Cc1ccc(-c2noc(CN3CCCC(C(=O)N4CCCCC4)C3)n2)cc1. The number of nitrogens with zero attached hydrogens (tertiary/aromatic N) is 4. The molecule has 0 saturated carbocycles. The first-order valence-electron chi connectivity index (χ1n) is 10.1. The van der Waals surface area contributed by atoms with E-state index in [1.54, 1.807) is 0 Å². The molecule has 0 bridgehead atoms. The third-order valence-corrected chi connectivity index (χ3v) is 5.66. The number of hydrogen-bond acceptors (Lipinski definition) is 5. The molecule has 1 amide bonds. The van der Waals surface area contributed by atoms with Gasteiger partial charge in [0.15, 0.2) is 0 Å². The summed E-state index contributed by atoms with van der Waals surface area (Å²) in [5.74, 6) is 1.70. The maximum absolute atomic E-state index is 12.8. The smallest absolute Gasteiger partial charge is 0.241 e. The van der Waals surface area contributed by atoms with Gasteiger partial charge in [-0.15, -0.1) is 0 Å². The van der Waals surface area contributed by atoms with Crippen molar-refractivity contribution in [2.75, 3.05) is 26.2 Å². The lowest BCUT2D eigenvalue weighted by molar-refractivity contribution is -0.138. The largest absolute Gasteiger partial charge is 0.342 e. The maximum Gasteiger partial charge on any atom is 0.241 e. The summed E-state index contributed by atoms with van der Waals surface area (Å²) in [5, 5.41) is 4.12. The van der Waals surface area contributed by atoms with Gasteiger partial charge in [-0.05, 0) is 45.6 Å². The number of piperidine rings is 2. The lowest BCUT2D eigenvalue weighted by atomic mass is 9.95. The summed E-state index contributed by atoms with van der Waals surface area (Å²) in [4.78, 5) is 21.7. The van der Waals surface area contributed by atoms with Crippen molar-refractivity contribution >= 4 is 5.91 Å². The molecule has 2 fully saturated rings. The zero-order valence-electron chi connectivity index (χ0n) is 16.1. The Morgan fingerprint density at radius 3 is 2.67 bits per heavy atom. The molecule has 2 aliphatic heterocycles. The standard InChI is InChI=1S/C21H28N4O2/c1-16-7-9-17(10-8-16)20-22-19(27-23-20)15-24-11-5-6-18(14-24)21(26)25-12-3-2-4-13-25/h7-10,18H,2-6,11-15H2,1H3. The molecule has 6 nitrogen and oxygen atoms in total. The molecule has 6 heteroatoms. The van der Waals surface area contributed by atoms with Crippen LogP contribution in [0.1, 0.15) is 43.6 Å². The molecule has 1 unspecified atom stereocenters. The zero-order valence-corrected chi connectivity index (χ0v) is 16.1. The number of aromatic nitrogens is 2. The van der Waals surface area contributed by atoms with Crippen molar-refractivity contribution < 1.29 is 9.32 Å². The molecule has 0 aliphatic carbocycles. The molecular formula is C21H28N4O2. The van der Waals surface area contributed by atoms with Crippen molar-refractivity contribution in [2.45, 2.75) is 45.6 Å². The second-order valence-electron chi connectivity index (χ2n) is 7.84. The number of rotatable bonds is 4. The minimum Gasteiger partial charge on any atom is -0.342 e. The molecule has 2 aromatic rings. The summed E-state index contributed by atoms with van der Waals surface area (Å²) < 4.78 is 5.47. The van der Waals surface area contributed by atoms with Crippen LogP contribution in [0.2, 0.25) is 0 Å². The third kappa shape index (κ3) is 4.38.